The first kappa shape index (κ1) is 53.2. The topological polar surface area (TPSA) is 206 Å². The number of hydrogen-bond donors (Lipinski definition) is 5. The summed E-state index contributed by atoms with van der Waals surface area (Å²) in [6.45, 7) is 18.2. The Morgan fingerprint density at radius 3 is 1.73 bits per heavy atom. The number of carbonyl (C=O) groups is 5. The Morgan fingerprint density at radius 2 is 1.15 bits per heavy atom. The van der Waals surface area contributed by atoms with Crippen LogP contribution in [0.25, 0.3) is 0 Å². The zero-order chi connectivity index (χ0) is 44.1. The van der Waals surface area contributed by atoms with Gasteiger partial charge in [0, 0.05) is 32.5 Å². The first-order chi connectivity index (χ1) is 27.9. The SMILES string of the molecule is CC(C)Cc1ccc(CCCC(=O)NCCCCC(NC(=O)C(CCCCNC(=O)OC(C)(C)C)NC(=O)CCOCCOCCOCCN)C(=O)OC(C)(C)C)cc1. The van der Waals surface area contributed by atoms with E-state index in [4.69, 9.17) is 29.4 Å². The molecule has 4 amide bonds. The monoisotopic (exact) mass is 836 g/mol. The van der Waals surface area contributed by atoms with Crippen molar-refractivity contribution in [2.24, 2.45) is 11.7 Å². The van der Waals surface area contributed by atoms with Crippen LogP contribution in [0.1, 0.15) is 124 Å². The van der Waals surface area contributed by atoms with Gasteiger partial charge in [0.1, 0.15) is 23.3 Å². The predicted molar refractivity (Wildman–Crippen MR) is 229 cm³/mol. The lowest BCUT2D eigenvalue weighted by Gasteiger charge is -2.26. The number of alkyl carbamates (subject to hydrolysis) is 1. The van der Waals surface area contributed by atoms with Crippen molar-refractivity contribution in [1.82, 2.24) is 21.3 Å². The van der Waals surface area contributed by atoms with Gasteiger partial charge in [-0.3, -0.25) is 14.4 Å². The number of benzene rings is 1. The standard InChI is InChI=1S/C44H77N5O10/c1-33(2)32-35-20-18-34(19-21-35)14-13-17-38(50)46-24-11-10-16-37(41(53)58-43(3,4)5)49-40(52)36(15-9-12-25-47-42(54)59-44(6,7)8)48-39(51)22-26-55-28-30-57-31-29-56-27-23-45/h18-21,33,36-37H,9-17,22-32,45H2,1-8H3,(H,46,50)(H,47,54)(H,48,51)(H,49,52). The second-order valence-corrected chi connectivity index (χ2v) is 17.1. The number of nitrogens with one attached hydrogen (secondary N) is 4. The molecule has 15 heteroatoms. The van der Waals surface area contributed by atoms with Crippen molar-refractivity contribution in [3.05, 3.63) is 35.4 Å². The van der Waals surface area contributed by atoms with Gasteiger partial charge in [-0.05, 0) is 116 Å². The van der Waals surface area contributed by atoms with Crippen LogP contribution in [-0.4, -0.2) is 112 Å². The van der Waals surface area contributed by atoms with Crippen LogP contribution in [0.2, 0.25) is 0 Å². The number of amides is 4. The van der Waals surface area contributed by atoms with Crippen molar-refractivity contribution in [1.29, 1.82) is 0 Å². The van der Waals surface area contributed by atoms with E-state index >= 15 is 0 Å². The van der Waals surface area contributed by atoms with Crippen LogP contribution in [0.3, 0.4) is 0 Å². The molecule has 0 aromatic heterocycles. The Bertz CT molecular complexity index is 1340. The molecule has 0 spiro atoms. The number of esters is 1. The number of ether oxygens (including phenoxy) is 5. The summed E-state index contributed by atoms with van der Waals surface area (Å²) in [4.78, 5) is 64.6. The molecule has 0 saturated carbocycles. The molecule has 0 saturated heterocycles. The van der Waals surface area contributed by atoms with Gasteiger partial charge >= 0.3 is 12.1 Å². The second kappa shape index (κ2) is 30.3. The number of carbonyl (C=O) groups excluding carboxylic acids is 5. The predicted octanol–water partition coefficient (Wildman–Crippen LogP) is 4.90. The minimum Gasteiger partial charge on any atom is -0.458 e. The zero-order valence-corrected chi connectivity index (χ0v) is 37.3. The van der Waals surface area contributed by atoms with Crippen LogP contribution in [0.5, 0.6) is 0 Å². The highest BCUT2D eigenvalue weighted by Gasteiger charge is 2.30. The summed E-state index contributed by atoms with van der Waals surface area (Å²) in [5.74, 6) is -0.920. The van der Waals surface area contributed by atoms with Gasteiger partial charge < -0.3 is 50.7 Å². The number of aryl methyl sites for hydroxylation is 1. The van der Waals surface area contributed by atoms with Gasteiger partial charge in [-0.15, -0.1) is 0 Å². The lowest BCUT2D eigenvalue weighted by molar-refractivity contribution is -0.159. The maximum atomic E-state index is 13.7. The molecule has 6 N–H and O–H groups in total. The highest BCUT2D eigenvalue weighted by molar-refractivity contribution is 5.90. The van der Waals surface area contributed by atoms with Gasteiger partial charge in [0.15, 0.2) is 0 Å². The molecule has 0 bridgehead atoms. The van der Waals surface area contributed by atoms with Gasteiger partial charge in [-0.2, -0.15) is 0 Å². The van der Waals surface area contributed by atoms with Gasteiger partial charge in [0.25, 0.3) is 0 Å². The molecule has 15 nitrogen and oxygen atoms in total. The second-order valence-electron chi connectivity index (χ2n) is 17.1. The minimum absolute atomic E-state index is 0.0103. The molecule has 2 atom stereocenters. The van der Waals surface area contributed by atoms with E-state index in [2.05, 4.69) is 59.4 Å². The van der Waals surface area contributed by atoms with Gasteiger partial charge in [0.05, 0.1) is 39.6 Å². The Balaban J connectivity index is 2.73. The summed E-state index contributed by atoms with van der Waals surface area (Å²) in [5.41, 5.74) is 6.50. The highest BCUT2D eigenvalue weighted by atomic mass is 16.6. The quantitative estimate of drug-likeness (QED) is 0.0503. The molecule has 0 aliphatic heterocycles. The molecule has 1 aromatic carbocycles. The third-order valence-corrected chi connectivity index (χ3v) is 8.50. The number of rotatable bonds is 31. The van der Waals surface area contributed by atoms with E-state index in [1.807, 2.05) is 0 Å². The molecule has 1 rings (SSSR count). The van der Waals surface area contributed by atoms with E-state index in [0.29, 0.717) is 84.1 Å². The maximum Gasteiger partial charge on any atom is 0.407 e. The van der Waals surface area contributed by atoms with E-state index in [1.165, 1.54) is 11.1 Å². The summed E-state index contributed by atoms with van der Waals surface area (Å²) < 4.78 is 27.1. The van der Waals surface area contributed by atoms with Crippen molar-refractivity contribution in [2.75, 3.05) is 59.3 Å². The van der Waals surface area contributed by atoms with E-state index < -0.39 is 47.2 Å². The number of hydrogen-bond acceptors (Lipinski definition) is 11. The van der Waals surface area contributed by atoms with E-state index in [-0.39, 0.29) is 38.4 Å². The lowest BCUT2D eigenvalue weighted by atomic mass is 10.00. The average Bonchev–Trinajstić information content (AvgIpc) is 3.13. The molecule has 0 aliphatic carbocycles. The summed E-state index contributed by atoms with van der Waals surface area (Å²) in [5, 5.41) is 11.3. The molecule has 1 aromatic rings. The molecular weight excluding hydrogens is 759 g/mol. The van der Waals surface area contributed by atoms with Crippen molar-refractivity contribution >= 4 is 29.8 Å². The Morgan fingerprint density at radius 1 is 0.610 bits per heavy atom. The number of unbranched alkanes of at least 4 members (excludes halogenated alkanes) is 2. The molecule has 2 unspecified atom stereocenters. The Labute approximate surface area is 353 Å². The van der Waals surface area contributed by atoms with Gasteiger partial charge in [-0.1, -0.05) is 38.1 Å². The summed E-state index contributed by atoms with van der Waals surface area (Å²) in [6.07, 6.45) is 5.17. The van der Waals surface area contributed by atoms with Crippen molar-refractivity contribution in [3.8, 4) is 0 Å². The van der Waals surface area contributed by atoms with Crippen LogP contribution in [0.4, 0.5) is 4.79 Å². The molecule has 0 fully saturated rings. The van der Waals surface area contributed by atoms with E-state index in [1.54, 1.807) is 41.5 Å². The van der Waals surface area contributed by atoms with E-state index in [0.717, 1.165) is 19.3 Å². The first-order valence-corrected chi connectivity index (χ1v) is 21.5. The third kappa shape index (κ3) is 30.0. The fourth-order valence-corrected chi connectivity index (χ4v) is 5.75. The smallest absolute Gasteiger partial charge is 0.407 e. The Hall–Kier alpha value is -3.79. The molecule has 338 valence electrons. The van der Waals surface area contributed by atoms with Crippen LogP contribution >= 0.6 is 0 Å². The summed E-state index contributed by atoms with van der Waals surface area (Å²) in [6, 6.07) is 6.67. The van der Waals surface area contributed by atoms with Crippen LogP contribution < -0.4 is 27.0 Å². The largest absolute Gasteiger partial charge is 0.458 e. The van der Waals surface area contributed by atoms with Gasteiger partial charge in [0.2, 0.25) is 17.7 Å². The van der Waals surface area contributed by atoms with Crippen molar-refractivity contribution < 1.29 is 47.7 Å². The molecule has 0 heterocycles. The fourth-order valence-electron chi connectivity index (χ4n) is 5.75. The summed E-state index contributed by atoms with van der Waals surface area (Å²) >= 11 is 0. The number of nitrogens with two attached hydrogens (primary N) is 1. The molecule has 0 radical (unpaired) electrons. The maximum absolute atomic E-state index is 13.7. The molecule has 59 heavy (non-hydrogen) atoms. The zero-order valence-electron chi connectivity index (χ0n) is 37.3. The first-order valence-electron chi connectivity index (χ1n) is 21.5. The fraction of sp³-hybridized carbons (Fsp3) is 0.750. The Kier molecular flexibility index (Phi) is 27.3. The lowest BCUT2D eigenvalue weighted by Crippen LogP contribution is -2.52. The minimum atomic E-state index is -0.971. The summed E-state index contributed by atoms with van der Waals surface area (Å²) in [7, 11) is 0. The van der Waals surface area contributed by atoms with Gasteiger partial charge in [-0.25, -0.2) is 9.59 Å². The van der Waals surface area contributed by atoms with Crippen LogP contribution in [0.15, 0.2) is 24.3 Å². The van der Waals surface area contributed by atoms with Crippen LogP contribution in [0, 0.1) is 5.92 Å². The normalized spacial score (nSPS) is 12.7. The van der Waals surface area contributed by atoms with Crippen LogP contribution in [-0.2, 0) is 55.7 Å². The molecular formula is C44H77N5O10. The molecule has 0 aliphatic rings. The average molecular weight is 836 g/mol. The van der Waals surface area contributed by atoms with Crippen molar-refractivity contribution in [2.45, 2.75) is 149 Å². The van der Waals surface area contributed by atoms with E-state index in [9.17, 15) is 24.0 Å². The third-order valence-electron chi connectivity index (χ3n) is 8.50. The van der Waals surface area contributed by atoms with Crippen molar-refractivity contribution in [3.63, 3.8) is 0 Å². The highest BCUT2D eigenvalue weighted by Crippen LogP contribution is 2.14.